The standard InChI is InChI=1S/C10H12N8O6S2/c1-24-16-6(4-3-25-10(11)14-4)8(19)15-7-5(2-13-17-12)18(9(7)20)26(21,22)23/h3,5,7H,2H2,1H3,(H2,11,14)(H,15,19)(H,21,22,23)/t5-,7+/m1/s1. The van der Waals surface area contributed by atoms with E-state index in [2.05, 4.69) is 30.3 Å². The Morgan fingerprint density at radius 3 is 2.85 bits per heavy atom. The molecular formula is C10H12N8O6S2. The highest BCUT2D eigenvalue weighted by molar-refractivity contribution is 7.84. The zero-order valence-electron chi connectivity index (χ0n) is 13.0. The van der Waals surface area contributed by atoms with Crippen LogP contribution in [-0.4, -0.2) is 65.5 Å². The van der Waals surface area contributed by atoms with Crippen molar-refractivity contribution in [3.8, 4) is 0 Å². The number of hydrogen-bond donors (Lipinski definition) is 3. The number of aromatic nitrogens is 1. The molecule has 2 atom stereocenters. The largest absolute Gasteiger partial charge is 0.398 e. The molecule has 2 amide bonds. The van der Waals surface area contributed by atoms with E-state index < -0.39 is 40.7 Å². The molecule has 0 aliphatic carbocycles. The van der Waals surface area contributed by atoms with Gasteiger partial charge in [-0.1, -0.05) is 10.3 Å². The van der Waals surface area contributed by atoms with Crippen molar-refractivity contribution in [2.75, 3.05) is 19.4 Å². The minimum Gasteiger partial charge on any atom is -0.398 e. The Hall–Kier alpha value is -2.94. The van der Waals surface area contributed by atoms with Crippen LogP contribution in [0.1, 0.15) is 5.69 Å². The molecule has 1 aromatic heterocycles. The zero-order valence-corrected chi connectivity index (χ0v) is 14.6. The Labute approximate surface area is 150 Å². The summed E-state index contributed by atoms with van der Waals surface area (Å²) in [5, 5.41) is 10.5. The van der Waals surface area contributed by atoms with Gasteiger partial charge in [-0.25, -0.2) is 9.29 Å². The topological polar surface area (TPSA) is 213 Å². The molecule has 26 heavy (non-hydrogen) atoms. The average molecular weight is 404 g/mol. The summed E-state index contributed by atoms with van der Waals surface area (Å²) < 4.78 is 31.7. The molecule has 14 nitrogen and oxygen atoms in total. The molecule has 4 N–H and O–H groups in total. The number of β-lactam (4-membered cyclic amide) rings is 1. The lowest BCUT2D eigenvalue weighted by atomic mass is 9.98. The summed E-state index contributed by atoms with van der Waals surface area (Å²) in [4.78, 5) is 35.3. The van der Waals surface area contributed by atoms with Gasteiger partial charge in [-0.15, -0.1) is 11.3 Å². The first-order chi connectivity index (χ1) is 12.2. The quantitative estimate of drug-likeness (QED) is 0.0960. The number of hydrogen-bond acceptors (Lipinski definition) is 10. The minimum atomic E-state index is -4.88. The highest BCUT2D eigenvalue weighted by atomic mass is 32.2. The smallest absolute Gasteiger partial charge is 0.362 e. The summed E-state index contributed by atoms with van der Waals surface area (Å²) in [5.74, 6) is -2.01. The molecule has 16 heteroatoms. The molecule has 0 saturated carbocycles. The Bertz CT molecular complexity index is 904. The van der Waals surface area contributed by atoms with Gasteiger partial charge in [-0.2, -0.15) is 8.42 Å². The number of thiazole rings is 1. The SMILES string of the molecule is CON=C(C(=O)N[C@@H]1C(=O)N(S(=O)(=O)O)[C@@H]1CN=[N+]=[N-])c1csc(N)n1. The van der Waals surface area contributed by atoms with Gasteiger partial charge < -0.3 is 15.9 Å². The van der Waals surface area contributed by atoms with E-state index in [0.29, 0.717) is 0 Å². The number of carbonyl (C=O) groups excluding carboxylic acids is 2. The van der Waals surface area contributed by atoms with E-state index in [1.165, 1.54) is 12.5 Å². The van der Waals surface area contributed by atoms with E-state index in [-0.39, 0.29) is 20.8 Å². The minimum absolute atomic E-state index is 0.0804. The number of nitrogen functional groups attached to an aromatic ring is 1. The predicted octanol–water partition coefficient (Wildman–Crippen LogP) is -1.12. The summed E-state index contributed by atoms with van der Waals surface area (Å²) in [6.07, 6.45) is 0. The lowest BCUT2D eigenvalue weighted by Gasteiger charge is -2.43. The third-order valence-corrected chi connectivity index (χ3v) is 4.82. The number of oxime groups is 1. The summed E-state index contributed by atoms with van der Waals surface area (Å²) in [5.41, 5.74) is 13.6. The van der Waals surface area contributed by atoms with Crippen molar-refractivity contribution in [3.63, 3.8) is 0 Å². The second kappa shape index (κ2) is 7.52. The van der Waals surface area contributed by atoms with Crippen molar-refractivity contribution in [2.24, 2.45) is 10.3 Å². The average Bonchev–Trinajstić information content (AvgIpc) is 2.98. The molecule has 1 aliphatic heterocycles. The normalized spacial score (nSPS) is 20.2. The molecule has 0 radical (unpaired) electrons. The van der Waals surface area contributed by atoms with E-state index >= 15 is 0 Å². The molecule has 2 heterocycles. The summed E-state index contributed by atoms with van der Waals surface area (Å²) >= 11 is 1.04. The maximum Gasteiger partial charge on any atom is 0.362 e. The van der Waals surface area contributed by atoms with E-state index in [9.17, 15) is 18.0 Å². The number of rotatable bonds is 7. The maximum absolute atomic E-state index is 12.4. The van der Waals surface area contributed by atoms with Gasteiger partial charge in [-0.3, -0.25) is 14.1 Å². The van der Waals surface area contributed by atoms with Gasteiger partial charge >= 0.3 is 10.3 Å². The highest BCUT2D eigenvalue weighted by Gasteiger charge is 2.53. The number of anilines is 1. The van der Waals surface area contributed by atoms with E-state index in [0.717, 1.165) is 11.3 Å². The summed E-state index contributed by atoms with van der Waals surface area (Å²) in [6.45, 7) is -0.493. The third-order valence-electron chi connectivity index (χ3n) is 3.20. The van der Waals surface area contributed by atoms with Crippen molar-refractivity contribution in [2.45, 2.75) is 12.1 Å². The van der Waals surface area contributed by atoms with Crippen LogP contribution >= 0.6 is 11.3 Å². The Balaban J connectivity index is 2.24. The van der Waals surface area contributed by atoms with E-state index in [1.54, 1.807) is 0 Å². The van der Waals surface area contributed by atoms with Gasteiger partial charge in [-0.05, 0) is 5.53 Å². The van der Waals surface area contributed by atoms with Gasteiger partial charge in [0.05, 0.1) is 12.6 Å². The van der Waals surface area contributed by atoms with Crippen LogP contribution in [-0.2, 0) is 24.7 Å². The molecule has 0 bridgehead atoms. The van der Waals surface area contributed by atoms with Crippen molar-refractivity contribution in [3.05, 3.63) is 21.5 Å². The highest BCUT2D eigenvalue weighted by Crippen LogP contribution is 2.24. The monoisotopic (exact) mass is 404 g/mol. The summed E-state index contributed by atoms with van der Waals surface area (Å²) in [6, 6.07) is -2.66. The molecule has 1 aliphatic rings. The zero-order chi connectivity index (χ0) is 19.5. The molecule has 2 rings (SSSR count). The Kier molecular flexibility index (Phi) is 5.61. The number of nitrogens with one attached hydrogen (secondary N) is 1. The third kappa shape index (κ3) is 3.83. The van der Waals surface area contributed by atoms with E-state index in [4.69, 9.17) is 15.8 Å². The molecule has 0 aromatic carbocycles. The molecule has 1 aromatic rings. The van der Waals surface area contributed by atoms with Gasteiger partial charge in [0.25, 0.3) is 11.8 Å². The van der Waals surface area contributed by atoms with Crippen LogP contribution < -0.4 is 11.1 Å². The van der Waals surface area contributed by atoms with Crippen LogP contribution in [0, 0.1) is 0 Å². The van der Waals surface area contributed by atoms with Crippen molar-refractivity contribution in [1.82, 2.24) is 14.6 Å². The van der Waals surface area contributed by atoms with Crippen LogP contribution in [0.2, 0.25) is 0 Å². The maximum atomic E-state index is 12.4. The van der Waals surface area contributed by atoms with Gasteiger partial charge in [0.1, 0.15) is 18.8 Å². The predicted molar refractivity (Wildman–Crippen MR) is 88.2 cm³/mol. The van der Waals surface area contributed by atoms with Crippen LogP contribution in [0.5, 0.6) is 0 Å². The Morgan fingerprint density at radius 2 is 2.35 bits per heavy atom. The first-order valence-corrected chi connectivity index (χ1v) is 8.93. The number of amides is 2. The fourth-order valence-corrected chi connectivity index (χ4v) is 3.58. The lowest BCUT2D eigenvalue weighted by molar-refractivity contribution is -0.144. The number of nitrogens with zero attached hydrogens (tertiary/aromatic N) is 6. The van der Waals surface area contributed by atoms with Crippen LogP contribution in [0.4, 0.5) is 5.13 Å². The number of nitrogens with two attached hydrogens (primary N) is 1. The fraction of sp³-hybridized carbons (Fsp3) is 0.400. The molecule has 1 saturated heterocycles. The summed E-state index contributed by atoms with van der Waals surface area (Å²) in [7, 11) is -3.69. The van der Waals surface area contributed by atoms with Crippen molar-refractivity contribution < 1.29 is 27.4 Å². The molecule has 1 fully saturated rings. The fourth-order valence-electron chi connectivity index (χ4n) is 2.16. The molecular weight excluding hydrogens is 392 g/mol. The van der Waals surface area contributed by atoms with Crippen molar-refractivity contribution >= 4 is 44.3 Å². The van der Waals surface area contributed by atoms with Gasteiger partial charge in [0.15, 0.2) is 10.8 Å². The van der Waals surface area contributed by atoms with Gasteiger partial charge in [0, 0.05) is 10.3 Å². The van der Waals surface area contributed by atoms with E-state index in [1.807, 2.05) is 0 Å². The molecule has 0 spiro atoms. The Morgan fingerprint density at radius 1 is 1.65 bits per heavy atom. The van der Waals surface area contributed by atoms with Crippen LogP contribution in [0.3, 0.4) is 0 Å². The van der Waals surface area contributed by atoms with Crippen LogP contribution in [0.25, 0.3) is 10.4 Å². The second-order valence-electron chi connectivity index (χ2n) is 4.74. The first-order valence-electron chi connectivity index (χ1n) is 6.65. The number of azide groups is 1. The first kappa shape index (κ1) is 19.4. The van der Waals surface area contributed by atoms with Crippen LogP contribution in [0.15, 0.2) is 15.7 Å². The number of carbonyl (C=O) groups is 2. The lowest BCUT2D eigenvalue weighted by Crippen LogP contribution is -2.73. The van der Waals surface area contributed by atoms with Crippen molar-refractivity contribution in [1.29, 1.82) is 0 Å². The molecule has 0 unspecified atom stereocenters. The molecule has 140 valence electrons. The second-order valence-corrected chi connectivity index (χ2v) is 6.92. The van der Waals surface area contributed by atoms with Gasteiger partial charge in [0.2, 0.25) is 0 Å².